The van der Waals surface area contributed by atoms with Crippen molar-refractivity contribution in [2.24, 2.45) is 5.73 Å². The average Bonchev–Trinajstić information content (AvgIpc) is 2.97. The van der Waals surface area contributed by atoms with Crippen molar-refractivity contribution in [2.45, 2.75) is 15.2 Å². The summed E-state index contributed by atoms with van der Waals surface area (Å²) < 4.78 is 38.5. The van der Waals surface area contributed by atoms with E-state index >= 15 is 0 Å². The summed E-state index contributed by atoms with van der Waals surface area (Å²) in [6.07, 6.45) is 3.09. The van der Waals surface area contributed by atoms with Crippen molar-refractivity contribution >= 4 is 61.2 Å². The van der Waals surface area contributed by atoms with Crippen LogP contribution in [0.15, 0.2) is 27.3 Å². The van der Waals surface area contributed by atoms with Gasteiger partial charge < -0.3 is 16.2 Å². The van der Waals surface area contributed by atoms with E-state index in [4.69, 9.17) is 35.4 Å². The van der Waals surface area contributed by atoms with E-state index in [2.05, 4.69) is 5.32 Å². The number of halogens is 3. The van der Waals surface area contributed by atoms with E-state index in [0.717, 1.165) is 18.2 Å². The van der Waals surface area contributed by atoms with E-state index < -0.39 is 52.7 Å². The van der Waals surface area contributed by atoms with Gasteiger partial charge in [-0.2, -0.15) is 0 Å². The fourth-order valence-corrected chi connectivity index (χ4v) is 5.83. The first-order chi connectivity index (χ1) is 12.5. The molecule has 0 unspecified atom stereocenters. The number of nitrogens with one attached hydrogen (secondary N) is 1. The molecule has 1 aromatic carbocycles. The Kier molecular flexibility index (Phi) is 6.14. The fourth-order valence-electron chi connectivity index (χ4n) is 1.92. The quantitative estimate of drug-likeness (QED) is 0.474. The average molecular weight is 451 g/mol. The molecule has 0 radical (unpaired) electrons. The van der Waals surface area contributed by atoms with Gasteiger partial charge in [0.1, 0.15) is 19.9 Å². The lowest BCUT2D eigenvalue weighted by atomic mass is 10.3. The van der Waals surface area contributed by atoms with Crippen molar-refractivity contribution in [1.29, 1.82) is 0 Å². The molecule has 0 aliphatic carbocycles. The molecular weight excluding hydrogens is 442 g/mol. The number of aliphatic hydroxyl groups is 1. The van der Waals surface area contributed by atoms with Crippen molar-refractivity contribution in [2.75, 3.05) is 5.32 Å². The van der Waals surface area contributed by atoms with Gasteiger partial charge in [0.25, 0.3) is 11.8 Å². The molecule has 2 aromatic rings. The number of thiophene rings is 1. The second-order valence-electron chi connectivity index (χ2n) is 4.93. The zero-order valence-corrected chi connectivity index (χ0v) is 16.1. The maximum atomic E-state index is 13.3. The van der Waals surface area contributed by atoms with Crippen LogP contribution in [0.1, 0.15) is 10.4 Å². The summed E-state index contributed by atoms with van der Waals surface area (Å²) in [6.45, 7) is 0. The van der Waals surface area contributed by atoms with Crippen molar-refractivity contribution in [3.05, 3.63) is 39.6 Å². The second-order valence-corrected chi connectivity index (χ2v) is 8.91. The molecule has 7 nitrogen and oxygen atoms in total. The predicted octanol–water partition coefficient (Wildman–Crippen LogP) is 2.06. The minimum Gasteiger partial charge on any atom is -0.372 e. The van der Waals surface area contributed by atoms with Crippen LogP contribution in [0.4, 0.5) is 9.39 Å². The van der Waals surface area contributed by atoms with Crippen molar-refractivity contribution < 1.29 is 27.5 Å². The molecule has 1 atom stereocenters. The molecule has 2 amide bonds. The Balaban J connectivity index is 2.60. The van der Waals surface area contributed by atoms with Crippen molar-refractivity contribution in [3.8, 4) is 12.3 Å². The molecule has 12 heteroatoms. The Hall–Kier alpha value is -2.16. The SMILES string of the molecule is C#C[C@H](O)C(=O)Nc1sc(S(=O)(=O)c2c(Cl)cc(F)cc2Cl)cc1C(N)=O. The van der Waals surface area contributed by atoms with Crippen LogP contribution in [0.2, 0.25) is 10.0 Å². The summed E-state index contributed by atoms with van der Waals surface area (Å²) in [5.74, 6) is -1.20. The van der Waals surface area contributed by atoms with Gasteiger partial charge in [-0.1, -0.05) is 29.1 Å². The molecule has 0 aliphatic heterocycles. The number of sulfone groups is 1. The molecule has 27 heavy (non-hydrogen) atoms. The maximum absolute atomic E-state index is 13.3. The van der Waals surface area contributed by atoms with Crippen LogP contribution in [0.5, 0.6) is 0 Å². The zero-order valence-electron chi connectivity index (χ0n) is 13.0. The highest BCUT2D eigenvalue weighted by molar-refractivity contribution is 7.93. The van der Waals surface area contributed by atoms with Crippen LogP contribution in [-0.4, -0.2) is 31.4 Å². The number of nitrogens with two attached hydrogens (primary N) is 1. The lowest BCUT2D eigenvalue weighted by molar-refractivity contribution is -0.121. The Morgan fingerprint density at radius 2 is 1.85 bits per heavy atom. The highest BCUT2D eigenvalue weighted by Gasteiger charge is 2.30. The molecule has 1 heterocycles. The van der Waals surface area contributed by atoms with E-state index in [1.165, 1.54) is 0 Å². The first-order valence-corrected chi connectivity index (χ1v) is 9.83. The van der Waals surface area contributed by atoms with Gasteiger partial charge in [-0.3, -0.25) is 9.59 Å². The molecule has 1 aromatic heterocycles. The standard InChI is InChI=1S/C15H9Cl2FN2O5S2/c1-2-10(21)14(23)20-15-7(13(19)22)5-11(26-15)27(24,25)12-8(16)3-6(18)4-9(12)17/h1,3-5,10,21H,(H2,19,22)(H,20,23)/t10-/m0/s1. The second kappa shape index (κ2) is 7.84. The number of amides is 2. The highest BCUT2D eigenvalue weighted by Crippen LogP contribution is 2.39. The van der Waals surface area contributed by atoms with Gasteiger partial charge in [-0.15, -0.1) is 17.8 Å². The van der Waals surface area contributed by atoms with Crippen LogP contribution >= 0.6 is 34.5 Å². The van der Waals surface area contributed by atoms with E-state index in [0.29, 0.717) is 11.3 Å². The first-order valence-electron chi connectivity index (χ1n) is 6.77. The van der Waals surface area contributed by atoms with E-state index in [1.54, 1.807) is 5.92 Å². The Labute approximate surface area is 166 Å². The minimum atomic E-state index is -4.39. The van der Waals surface area contributed by atoms with Crippen molar-refractivity contribution in [1.82, 2.24) is 0 Å². The summed E-state index contributed by atoms with van der Waals surface area (Å²) in [5.41, 5.74) is 4.85. The van der Waals surface area contributed by atoms with Crippen LogP contribution < -0.4 is 11.1 Å². The number of anilines is 1. The number of benzene rings is 1. The maximum Gasteiger partial charge on any atom is 0.266 e. The number of terminal acetylenes is 1. The molecule has 2 rings (SSSR count). The van der Waals surface area contributed by atoms with Gasteiger partial charge in [0.15, 0.2) is 6.10 Å². The van der Waals surface area contributed by atoms with Crippen LogP contribution in [0, 0.1) is 18.2 Å². The Morgan fingerprint density at radius 1 is 1.30 bits per heavy atom. The van der Waals surface area contributed by atoms with Gasteiger partial charge >= 0.3 is 0 Å². The lowest BCUT2D eigenvalue weighted by Gasteiger charge is -2.07. The molecule has 0 saturated carbocycles. The molecular formula is C15H9Cl2FN2O5S2. The molecule has 0 fully saturated rings. The monoisotopic (exact) mass is 450 g/mol. The summed E-state index contributed by atoms with van der Waals surface area (Å²) in [7, 11) is -4.39. The lowest BCUT2D eigenvalue weighted by Crippen LogP contribution is -2.26. The van der Waals surface area contributed by atoms with Gasteiger partial charge in [-0.05, 0) is 18.2 Å². The van der Waals surface area contributed by atoms with Crippen LogP contribution in [0.3, 0.4) is 0 Å². The summed E-state index contributed by atoms with van der Waals surface area (Å²) >= 11 is 12.1. The topological polar surface area (TPSA) is 127 Å². The number of carbonyl (C=O) groups is 2. The van der Waals surface area contributed by atoms with E-state index in [9.17, 15) is 27.5 Å². The summed E-state index contributed by atoms with van der Waals surface area (Å²) in [5, 5.41) is 10.2. The van der Waals surface area contributed by atoms with Crippen LogP contribution in [0.25, 0.3) is 0 Å². The number of rotatable bonds is 5. The first kappa shape index (κ1) is 21.1. The Morgan fingerprint density at radius 3 is 2.33 bits per heavy atom. The molecule has 0 spiro atoms. The molecule has 142 valence electrons. The third-order valence-electron chi connectivity index (χ3n) is 3.11. The van der Waals surface area contributed by atoms with Gasteiger partial charge in [-0.25, -0.2) is 12.8 Å². The normalized spacial score (nSPS) is 12.3. The molecule has 0 saturated heterocycles. The largest absolute Gasteiger partial charge is 0.372 e. The molecule has 0 bridgehead atoms. The number of primary amides is 1. The van der Waals surface area contributed by atoms with Crippen LogP contribution in [-0.2, 0) is 14.6 Å². The van der Waals surface area contributed by atoms with Crippen molar-refractivity contribution in [3.63, 3.8) is 0 Å². The predicted molar refractivity (Wildman–Crippen MR) is 98.2 cm³/mol. The zero-order chi connectivity index (χ0) is 20.5. The van der Waals surface area contributed by atoms with E-state index in [-0.39, 0.29) is 10.6 Å². The molecule has 4 N–H and O–H groups in total. The smallest absolute Gasteiger partial charge is 0.266 e. The number of hydrogen-bond acceptors (Lipinski definition) is 6. The number of carbonyl (C=O) groups excluding carboxylic acids is 2. The third kappa shape index (κ3) is 4.23. The summed E-state index contributed by atoms with van der Waals surface area (Å²) in [6, 6.07) is 2.42. The third-order valence-corrected chi connectivity index (χ3v) is 7.31. The Bertz CT molecular complexity index is 1070. The van der Waals surface area contributed by atoms with Gasteiger partial charge in [0.2, 0.25) is 9.84 Å². The number of aliphatic hydroxyl groups excluding tert-OH is 1. The van der Waals surface area contributed by atoms with E-state index in [1.807, 2.05) is 0 Å². The fraction of sp³-hybridized carbons (Fsp3) is 0.0667. The summed E-state index contributed by atoms with van der Waals surface area (Å²) in [4.78, 5) is 22.7. The highest BCUT2D eigenvalue weighted by atomic mass is 35.5. The molecule has 0 aliphatic rings. The number of hydrogen-bond donors (Lipinski definition) is 3. The minimum absolute atomic E-state index is 0.255. The van der Waals surface area contributed by atoms with Gasteiger partial charge in [0, 0.05) is 0 Å². The van der Waals surface area contributed by atoms with Gasteiger partial charge in [0.05, 0.1) is 15.6 Å².